The van der Waals surface area contributed by atoms with Gasteiger partial charge in [-0.1, -0.05) is 24.3 Å². The molecule has 0 radical (unpaired) electrons. The molecule has 0 aromatic heterocycles. The van der Waals surface area contributed by atoms with Crippen molar-refractivity contribution < 1.29 is 4.79 Å². The van der Waals surface area contributed by atoms with Crippen LogP contribution in [-0.2, 0) is 11.3 Å². The number of carbonyl (C=O) groups is 1. The third-order valence-corrected chi connectivity index (χ3v) is 2.40. The quantitative estimate of drug-likeness (QED) is 0.417. The monoisotopic (exact) mass is 203 g/mol. The molecule has 4 heteroatoms. The van der Waals surface area contributed by atoms with Crippen molar-refractivity contribution in [3.8, 4) is 0 Å². The van der Waals surface area contributed by atoms with Crippen molar-refractivity contribution in [3.05, 3.63) is 41.6 Å². The average molecular weight is 203 g/mol. The SMILES string of the molecule is NNC(=O)CN1C=Cc2ccccc2C1. The first-order chi connectivity index (χ1) is 7.29. The van der Waals surface area contributed by atoms with Crippen molar-refractivity contribution >= 4 is 12.0 Å². The highest BCUT2D eigenvalue weighted by atomic mass is 16.2. The van der Waals surface area contributed by atoms with Crippen LogP contribution in [0.3, 0.4) is 0 Å². The Morgan fingerprint density at radius 3 is 3.07 bits per heavy atom. The Morgan fingerprint density at radius 2 is 2.27 bits per heavy atom. The van der Waals surface area contributed by atoms with Gasteiger partial charge in [-0.05, 0) is 17.2 Å². The highest BCUT2D eigenvalue weighted by Crippen LogP contribution is 2.18. The van der Waals surface area contributed by atoms with Crippen LogP contribution >= 0.6 is 0 Å². The van der Waals surface area contributed by atoms with Crippen LogP contribution in [0.15, 0.2) is 30.5 Å². The molecule has 15 heavy (non-hydrogen) atoms. The summed E-state index contributed by atoms with van der Waals surface area (Å²) in [5.41, 5.74) is 4.56. The number of nitrogens with zero attached hydrogens (tertiary/aromatic N) is 1. The number of hydrazine groups is 1. The van der Waals surface area contributed by atoms with Gasteiger partial charge in [0.2, 0.25) is 0 Å². The van der Waals surface area contributed by atoms with Crippen molar-refractivity contribution in [2.75, 3.05) is 6.54 Å². The van der Waals surface area contributed by atoms with E-state index in [0.29, 0.717) is 6.54 Å². The molecule has 3 N–H and O–H groups in total. The zero-order valence-corrected chi connectivity index (χ0v) is 8.31. The van der Waals surface area contributed by atoms with E-state index in [1.54, 1.807) is 0 Å². The minimum absolute atomic E-state index is 0.181. The molecule has 0 aliphatic carbocycles. The van der Waals surface area contributed by atoms with E-state index in [2.05, 4.69) is 17.6 Å². The summed E-state index contributed by atoms with van der Waals surface area (Å²) in [6.07, 6.45) is 3.92. The topological polar surface area (TPSA) is 58.4 Å². The van der Waals surface area contributed by atoms with Crippen LogP contribution in [0.1, 0.15) is 11.1 Å². The lowest BCUT2D eigenvalue weighted by atomic mass is 10.0. The van der Waals surface area contributed by atoms with Gasteiger partial charge in [-0.2, -0.15) is 0 Å². The van der Waals surface area contributed by atoms with Crippen molar-refractivity contribution in [1.82, 2.24) is 10.3 Å². The fourth-order valence-electron chi connectivity index (χ4n) is 1.64. The molecule has 1 aromatic carbocycles. The van der Waals surface area contributed by atoms with Crippen molar-refractivity contribution in [2.45, 2.75) is 6.54 Å². The van der Waals surface area contributed by atoms with Gasteiger partial charge < -0.3 is 4.90 Å². The van der Waals surface area contributed by atoms with Crippen LogP contribution in [0.5, 0.6) is 0 Å². The van der Waals surface area contributed by atoms with E-state index in [-0.39, 0.29) is 5.91 Å². The summed E-state index contributed by atoms with van der Waals surface area (Å²) in [6, 6.07) is 8.13. The maximum atomic E-state index is 11.1. The zero-order chi connectivity index (χ0) is 10.7. The Kier molecular flexibility index (Phi) is 2.69. The lowest BCUT2D eigenvalue weighted by molar-refractivity contribution is -0.121. The average Bonchev–Trinajstić information content (AvgIpc) is 2.29. The van der Waals surface area contributed by atoms with Crippen LogP contribution in [0.2, 0.25) is 0 Å². The van der Waals surface area contributed by atoms with Crippen LogP contribution in [0.25, 0.3) is 6.08 Å². The number of hydrogen-bond acceptors (Lipinski definition) is 3. The maximum Gasteiger partial charge on any atom is 0.253 e. The lowest BCUT2D eigenvalue weighted by Crippen LogP contribution is -2.38. The molecular weight excluding hydrogens is 190 g/mol. The Balaban J connectivity index is 2.09. The lowest BCUT2D eigenvalue weighted by Gasteiger charge is -2.24. The van der Waals surface area contributed by atoms with Gasteiger partial charge >= 0.3 is 0 Å². The summed E-state index contributed by atoms with van der Waals surface area (Å²) in [7, 11) is 0. The third-order valence-electron chi connectivity index (χ3n) is 2.40. The smallest absolute Gasteiger partial charge is 0.253 e. The van der Waals surface area contributed by atoms with E-state index in [9.17, 15) is 4.79 Å². The van der Waals surface area contributed by atoms with Crippen LogP contribution < -0.4 is 11.3 Å². The van der Waals surface area contributed by atoms with E-state index in [1.165, 1.54) is 11.1 Å². The molecule has 0 saturated carbocycles. The summed E-state index contributed by atoms with van der Waals surface area (Å²) in [4.78, 5) is 13.0. The number of carbonyl (C=O) groups excluding carboxylic acids is 1. The van der Waals surface area contributed by atoms with Gasteiger partial charge in [-0.3, -0.25) is 10.2 Å². The van der Waals surface area contributed by atoms with E-state index in [0.717, 1.165) is 6.54 Å². The second-order valence-corrected chi connectivity index (χ2v) is 3.49. The van der Waals surface area contributed by atoms with Crippen LogP contribution in [0.4, 0.5) is 0 Å². The first-order valence-corrected chi connectivity index (χ1v) is 4.79. The van der Waals surface area contributed by atoms with Crippen LogP contribution in [0, 0.1) is 0 Å². The predicted molar refractivity (Wildman–Crippen MR) is 58.2 cm³/mol. The summed E-state index contributed by atoms with van der Waals surface area (Å²) < 4.78 is 0. The second kappa shape index (κ2) is 4.14. The fraction of sp³-hybridized carbons (Fsp3) is 0.182. The molecule has 0 saturated heterocycles. The second-order valence-electron chi connectivity index (χ2n) is 3.49. The number of fused-ring (bicyclic) bond motifs is 1. The highest BCUT2D eigenvalue weighted by molar-refractivity contribution is 5.77. The Labute approximate surface area is 88.3 Å². The van der Waals surface area contributed by atoms with Gasteiger partial charge in [0, 0.05) is 12.7 Å². The van der Waals surface area contributed by atoms with Gasteiger partial charge in [0.05, 0.1) is 6.54 Å². The first kappa shape index (κ1) is 9.73. The first-order valence-electron chi connectivity index (χ1n) is 4.79. The van der Waals surface area contributed by atoms with E-state index in [1.807, 2.05) is 29.3 Å². The molecule has 1 aromatic rings. The number of nitrogens with two attached hydrogens (primary N) is 1. The minimum atomic E-state index is -0.181. The molecule has 78 valence electrons. The molecule has 1 heterocycles. The largest absolute Gasteiger partial charge is 0.364 e. The number of hydrogen-bond donors (Lipinski definition) is 2. The molecular formula is C11H13N3O. The van der Waals surface area contributed by atoms with E-state index < -0.39 is 0 Å². The van der Waals surface area contributed by atoms with Gasteiger partial charge in [-0.15, -0.1) is 0 Å². The Morgan fingerprint density at radius 1 is 1.47 bits per heavy atom. The Hall–Kier alpha value is -1.81. The summed E-state index contributed by atoms with van der Waals surface area (Å²) in [5, 5.41) is 0. The molecule has 1 aliphatic rings. The predicted octanol–water partition coefficient (Wildman–Crippen LogP) is 0.463. The zero-order valence-electron chi connectivity index (χ0n) is 8.31. The number of rotatable bonds is 2. The molecule has 0 fully saturated rings. The van der Waals surface area contributed by atoms with E-state index >= 15 is 0 Å². The molecule has 4 nitrogen and oxygen atoms in total. The molecule has 0 bridgehead atoms. The molecule has 1 amide bonds. The minimum Gasteiger partial charge on any atom is -0.364 e. The summed E-state index contributed by atoms with van der Waals surface area (Å²) in [5.74, 6) is 4.85. The summed E-state index contributed by atoms with van der Waals surface area (Å²) in [6.45, 7) is 1.04. The van der Waals surface area contributed by atoms with Gasteiger partial charge in [0.25, 0.3) is 5.91 Å². The molecule has 0 atom stereocenters. The van der Waals surface area contributed by atoms with Crippen molar-refractivity contribution in [3.63, 3.8) is 0 Å². The summed E-state index contributed by atoms with van der Waals surface area (Å²) >= 11 is 0. The standard InChI is InChI=1S/C11H13N3O/c12-13-11(15)8-14-6-5-9-3-1-2-4-10(9)7-14/h1-6H,7-8,12H2,(H,13,15). The van der Waals surface area contributed by atoms with Crippen molar-refractivity contribution in [2.24, 2.45) is 5.84 Å². The number of benzene rings is 1. The third kappa shape index (κ3) is 2.16. The molecule has 0 spiro atoms. The molecule has 2 rings (SSSR count). The van der Waals surface area contributed by atoms with Crippen molar-refractivity contribution in [1.29, 1.82) is 0 Å². The fourth-order valence-corrected chi connectivity index (χ4v) is 1.64. The van der Waals surface area contributed by atoms with Crippen LogP contribution in [-0.4, -0.2) is 17.4 Å². The molecule has 0 unspecified atom stereocenters. The van der Waals surface area contributed by atoms with Gasteiger partial charge in [-0.25, -0.2) is 5.84 Å². The normalized spacial score (nSPS) is 13.5. The molecule has 1 aliphatic heterocycles. The van der Waals surface area contributed by atoms with Gasteiger partial charge in [0.15, 0.2) is 0 Å². The maximum absolute atomic E-state index is 11.1. The van der Waals surface area contributed by atoms with E-state index in [4.69, 9.17) is 5.84 Å². The van der Waals surface area contributed by atoms with Gasteiger partial charge in [0.1, 0.15) is 0 Å². The Bertz CT molecular complexity index is 401. The highest BCUT2D eigenvalue weighted by Gasteiger charge is 2.11. The number of amides is 1. The number of nitrogens with one attached hydrogen (secondary N) is 1.